The van der Waals surface area contributed by atoms with E-state index in [-0.39, 0.29) is 0 Å². The first-order valence-electron chi connectivity index (χ1n) is 4.45. The number of anilines is 1. The van der Waals surface area contributed by atoms with Crippen LogP contribution in [0.25, 0.3) is 0 Å². The second-order valence-electron chi connectivity index (χ2n) is 3.23. The van der Waals surface area contributed by atoms with Gasteiger partial charge in [0, 0.05) is 19.2 Å². The van der Waals surface area contributed by atoms with Crippen LogP contribution in [0.5, 0.6) is 0 Å². The zero-order chi connectivity index (χ0) is 9.42. The van der Waals surface area contributed by atoms with Crippen LogP contribution in [-0.4, -0.2) is 13.1 Å². The first kappa shape index (κ1) is 8.48. The van der Waals surface area contributed by atoms with Gasteiger partial charge in [0.15, 0.2) is 0 Å². The first-order valence-corrected chi connectivity index (χ1v) is 4.45. The summed E-state index contributed by atoms with van der Waals surface area (Å²) in [4.78, 5) is 1.93. The molecule has 13 heavy (non-hydrogen) atoms. The molecule has 0 N–H and O–H groups in total. The molecule has 0 radical (unpaired) electrons. The molecule has 0 saturated heterocycles. The number of likely N-dealkylation sites (N-methyl/N-ethyl adjacent to an activating group) is 1. The molecule has 70 valence electrons. The monoisotopic (exact) mass is 183 g/mol. The first-order chi connectivity index (χ1) is 6.22. The highest BCUT2D eigenvalue weighted by Crippen LogP contribution is 2.31. The summed E-state index contributed by atoms with van der Waals surface area (Å²) in [6.45, 7) is 3.54. The molecule has 0 aliphatic carbocycles. The van der Waals surface area contributed by atoms with Crippen LogP contribution in [-0.2, 0) is 6.42 Å². The number of hydrogen-bond acceptors (Lipinski definition) is 1. The Hall–Kier alpha value is -1.12. The van der Waals surface area contributed by atoms with Gasteiger partial charge in [0.05, 0.1) is 5.69 Å². The van der Waals surface area contributed by atoms with Crippen LogP contribution in [0, 0.1) is 11.6 Å². The Kier molecular flexibility index (Phi) is 1.94. The minimum atomic E-state index is -0.478. The highest BCUT2D eigenvalue weighted by Gasteiger charge is 2.22. The van der Waals surface area contributed by atoms with Gasteiger partial charge in [-0.15, -0.1) is 0 Å². The van der Waals surface area contributed by atoms with E-state index in [1.54, 1.807) is 0 Å². The Morgan fingerprint density at radius 2 is 2.15 bits per heavy atom. The summed E-state index contributed by atoms with van der Waals surface area (Å²) >= 11 is 0. The van der Waals surface area contributed by atoms with E-state index in [4.69, 9.17) is 0 Å². The predicted molar refractivity (Wildman–Crippen MR) is 47.9 cm³/mol. The topological polar surface area (TPSA) is 3.24 Å². The molecule has 3 heteroatoms. The molecule has 1 aromatic rings. The molecule has 1 heterocycles. The minimum absolute atomic E-state index is 0.436. The van der Waals surface area contributed by atoms with Crippen molar-refractivity contribution in [1.82, 2.24) is 0 Å². The van der Waals surface area contributed by atoms with E-state index >= 15 is 0 Å². The largest absolute Gasteiger partial charge is 0.369 e. The van der Waals surface area contributed by atoms with Crippen molar-refractivity contribution in [2.75, 3.05) is 18.0 Å². The molecule has 0 saturated carbocycles. The van der Waals surface area contributed by atoms with Gasteiger partial charge >= 0.3 is 0 Å². The summed E-state index contributed by atoms with van der Waals surface area (Å²) in [5.41, 5.74) is 1.38. The van der Waals surface area contributed by atoms with Crippen LogP contribution in [0.3, 0.4) is 0 Å². The standard InChI is InChI=1S/C10H11F2N/c1-2-13-4-3-7-5-8(11)6-9(12)10(7)13/h5-6H,2-4H2,1H3. The van der Waals surface area contributed by atoms with E-state index in [9.17, 15) is 8.78 Å². The normalized spacial score (nSPS) is 14.8. The second-order valence-corrected chi connectivity index (χ2v) is 3.23. The third-order valence-corrected chi connectivity index (χ3v) is 2.46. The third-order valence-electron chi connectivity index (χ3n) is 2.46. The number of rotatable bonds is 1. The maximum atomic E-state index is 13.3. The molecule has 2 rings (SSSR count). The van der Waals surface area contributed by atoms with Gasteiger partial charge in [-0.1, -0.05) is 0 Å². The maximum Gasteiger partial charge on any atom is 0.149 e. The van der Waals surface area contributed by atoms with E-state index in [0.717, 1.165) is 31.1 Å². The molecular weight excluding hydrogens is 172 g/mol. The lowest BCUT2D eigenvalue weighted by Gasteiger charge is -2.16. The zero-order valence-corrected chi connectivity index (χ0v) is 7.48. The van der Waals surface area contributed by atoms with Crippen molar-refractivity contribution in [2.45, 2.75) is 13.3 Å². The van der Waals surface area contributed by atoms with Crippen LogP contribution in [0.4, 0.5) is 14.5 Å². The predicted octanol–water partition coefficient (Wildman–Crippen LogP) is 2.35. The summed E-state index contributed by atoms with van der Waals surface area (Å²) in [6.07, 6.45) is 0.748. The van der Waals surface area contributed by atoms with E-state index in [1.165, 1.54) is 6.07 Å². The van der Waals surface area contributed by atoms with Crippen LogP contribution < -0.4 is 4.90 Å². The van der Waals surface area contributed by atoms with E-state index in [2.05, 4.69) is 0 Å². The van der Waals surface area contributed by atoms with Gasteiger partial charge in [0.1, 0.15) is 11.6 Å². The number of hydrogen-bond donors (Lipinski definition) is 0. The average Bonchev–Trinajstić information content (AvgIpc) is 2.47. The molecule has 0 aromatic heterocycles. The van der Waals surface area contributed by atoms with Crippen molar-refractivity contribution in [3.05, 3.63) is 29.3 Å². The van der Waals surface area contributed by atoms with Gasteiger partial charge in [-0.2, -0.15) is 0 Å². The van der Waals surface area contributed by atoms with Gasteiger partial charge in [-0.05, 0) is 25.0 Å². The van der Waals surface area contributed by atoms with Crippen molar-refractivity contribution in [2.24, 2.45) is 0 Å². The lowest BCUT2D eigenvalue weighted by Crippen LogP contribution is -2.20. The minimum Gasteiger partial charge on any atom is -0.369 e. The number of benzene rings is 1. The molecule has 0 unspecified atom stereocenters. The smallest absolute Gasteiger partial charge is 0.149 e. The molecular formula is C10H11F2N. The summed E-state index contributed by atoms with van der Waals surface area (Å²) in [5, 5.41) is 0. The number of fused-ring (bicyclic) bond motifs is 1. The number of nitrogens with zero attached hydrogens (tertiary/aromatic N) is 1. The third kappa shape index (κ3) is 1.28. The van der Waals surface area contributed by atoms with Crippen molar-refractivity contribution in [3.63, 3.8) is 0 Å². The Morgan fingerprint density at radius 1 is 1.38 bits per heavy atom. The molecule has 0 fully saturated rings. The summed E-state index contributed by atoms with van der Waals surface area (Å²) < 4.78 is 26.1. The second kappa shape index (κ2) is 2.98. The molecule has 1 aliphatic rings. The van der Waals surface area contributed by atoms with E-state index < -0.39 is 11.6 Å². The Labute approximate surface area is 76.0 Å². The van der Waals surface area contributed by atoms with Crippen LogP contribution in [0.2, 0.25) is 0 Å². The Bertz CT molecular complexity index is 336. The summed E-state index contributed by atoms with van der Waals surface area (Å²) in [5.74, 6) is -0.913. The molecule has 1 aliphatic heterocycles. The van der Waals surface area contributed by atoms with Gasteiger partial charge in [0.2, 0.25) is 0 Å². The van der Waals surface area contributed by atoms with Gasteiger partial charge < -0.3 is 4.90 Å². The van der Waals surface area contributed by atoms with Crippen molar-refractivity contribution in [3.8, 4) is 0 Å². The fourth-order valence-electron chi connectivity index (χ4n) is 1.85. The average molecular weight is 183 g/mol. The molecule has 0 atom stereocenters. The van der Waals surface area contributed by atoms with Crippen LogP contribution in [0.15, 0.2) is 12.1 Å². The molecule has 1 nitrogen and oxygen atoms in total. The summed E-state index contributed by atoms with van der Waals surface area (Å²) in [7, 11) is 0. The SMILES string of the molecule is CCN1CCc2cc(F)cc(F)c21. The maximum absolute atomic E-state index is 13.3. The zero-order valence-electron chi connectivity index (χ0n) is 7.48. The molecule has 0 spiro atoms. The molecule has 1 aromatic carbocycles. The van der Waals surface area contributed by atoms with Crippen LogP contribution >= 0.6 is 0 Å². The van der Waals surface area contributed by atoms with E-state index in [0.29, 0.717) is 5.69 Å². The Balaban J connectivity index is 2.51. The van der Waals surface area contributed by atoms with Crippen molar-refractivity contribution < 1.29 is 8.78 Å². The number of halogens is 2. The quantitative estimate of drug-likeness (QED) is 0.646. The molecule has 0 amide bonds. The fourth-order valence-corrected chi connectivity index (χ4v) is 1.85. The summed E-state index contributed by atoms with van der Waals surface area (Å²) in [6, 6.07) is 2.38. The highest BCUT2D eigenvalue weighted by atomic mass is 19.1. The van der Waals surface area contributed by atoms with E-state index in [1.807, 2.05) is 11.8 Å². The van der Waals surface area contributed by atoms with Gasteiger partial charge in [-0.3, -0.25) is 0 Å². The lowest BCUT2D eigenvalue weighted by atomic mass is 10.1. The highest BCUT2D eigenvalue weighted by molar-refractivity contribution is 5.59. The Morgan fingerprint density at radius 3 is 2.85 bits per heavy atom. The van der Waals surface area contributed by atoms with Crippen molar-refractivity contribution >= 4 is 5.69 Å². The van der Waals surface area contributed by atoms with Crippen molar-refractivity contribution in [1.29, 1.82) is 0 Å². The molecule has 0 bridgehead atoms. The van der Waals surface area contributed by atoms with Crippen LogP contribution in [0.1, 0.15) is 12.5 Å². The van der Waals surface area contributed by atoms with Gasteiger partial charge in [0.25, 0.3) is 0 Å². The fraction of sp³-hybridized carbons (Fsp3) is 0.400. The van der Waals surface area contributed by atoms with Gasteiger partial charge in [-0.25, -0.2) is 8.78 Å². The lowest BCUT2D eigenvalue weighted by molar-refractivity contribution is 0.582.